The largest absolute Gasteiger partial charge is 0.367 e. The van der Waals surface area contributed by atoms with Crippen LogP contribution in [0.4, 0.5) is 5.69 Å². The Bertz CT molecular complexity index is 1000. The van der Waals surface area contributed by atoms with Crippen molar-refractivity contribution in [3.05, 3.63) is 64.7 Å². The molecule has 0 bridgehead atoms. The summed E-state index contributed by atoms with van der Waals surface area (Å²) in [4.78, 5) is 40.0. The van der Waals surface area contributed by atoms with Crippen LogP contribution in [0.5, 0.6) is 0 Å². The number of amides is 3. The molecule has 4 rings (SSSR count). The molecule has 2 aromatic rings. The van der Waals surface area contributed by atoms with Gasteiger partial charge in [0.2, 0.25) is 0 Å². The van der Waals surface area contributed by atoms with Crippen LogP contribution in [-0.4, -0.2) is 48.8 Å². The molecule has 3 amide bonds. The third-order valence-electron chi connectivity index (χ3n) is 4.91. The molecule has 0 radical (unpaired) electrons. The fourth-order valence-electron chi connectivity index (χ4n) is 3.48. The first-order valence-corrected chi connectivity index (χ1v) is 8.61. The average Bonchev–Trinajstić information content (AvgIpc) is 3.00. The summed E-state index contributed by atoms with van der Waals surface area (Å²) in [5, 5.41) is 11.5. The highest BCUT2D eigenvalue weighted by atomic mass is 16.2. The smallest absolute Gasteiger partial charge is 0.258 e. The molecule has 0 spiro atoms. The van der Waals surface area contributed by atoms with Gasteiger partial charge in [-0.05, 0) is 30.3 Å². The first-order chi connectivity index (χ1) is 13.1. The molecule has 0 aromatic heterocycles. The van der Waals surface area contributed by atoms with Crippen LogP contribution in [0.25, 0.3) is 0 Å². The lowest BCUT2D eigenvalue weighted by molar-refractivity contribution is 0.0746. The number of nitrogens with zero attached hydrogens (tertiary/aromatic N) is 3. The van der Waals surface area contributed by atoms with E-state index in [2.05, 4.69) is 16.3 Å². The molecule has 0 saturated carbocycles. The Kier molecular flexibility index (Phi) is 4.09. The van der Waals surface area contributed by atoms with Crippen LogP contribution in [0.15, 0.2) is 42.5 Å². The minimum Gasteiger partial charge on any atom is -0.367 e. The van der Waals surface area contributed by atoms with Crippen LogP contribution in [-0.2, 0) is 0 Å². The van der Waals surface area contributed by atoms with Crippen molar-refractivity contribution in [3.63, 3.8) is 0 Å². The van der Waals surface area contributed by atoms with Crippen molar-refractivity contribution in [1.29, 1.82) is 5.26 Å². The van der Waals surface area contributed by atoms with Gasteiger partial charge in [0, 0.05) is 31.7 Å². The minimum absolute atomic E-state index is 0.168. The second-order valence-corrected chi connectivity index (χ2v) is 6.45. The molecular formula is C20H16N4O3. The van der Waals surface area contributed by atoms with Gasteiger partial charge in [-0.15, -0.1) is 0 Å². The number of nitriles is 1. The van der Waals surface area contributed by atoms with E-state index in [0.29, 0.717) is 42.9 Å². The van der Waals surface area contributed by atoms with E-state index in [9.17, 15) is 19.6 Å². The van der Waals surface area contributed by atoms with E-state index < -0.39 is 11.8 Å². The molecule has 0 aliphatic carbocycles. The lowest BCUT2D eigenvalue weighted by atomic mass is 10.0. The molecule has 0 atom stereocenters. The van der Waals surface area contributed by atoms with Gasteiger partial charge in [-0.25, -0.2) is 0 Å². The Balaban J connectivity index is 1.48. The van der Waals surface area contributed by atoms with E-state index in [-0.39, 0.29) is 11.5 Å². The third kappa shape index (κ3) is 2.91. The van der Waals surface area contributed by atoms with Gasteiger partial charge in [-0.2, -0.15) is 5.26 Å². The van der Waals surface area contributed by atoms with Crippen molar-refractivity contribution in [2.75, 3.05) is 31.1 Å². The highest BCUT2D eigenvalue weighted by Gasteiger charge is 2.29. The first kappa shape index (κ1) is 16.8. The Morgan fingerprint density at radius 3 is 2.41 bits per heavy atom. The second-order valence-electron chi connectivity index (χ2n) is 6.45. The van der Waals surface area contributed by atoms with Crippen molar-refractivity contribution in [2.24, 2.45) is 0 Å². The molecule has 1 N–H and O–H groups in total. The summed E-state index contributed by atoms with van der Waals surface area (Å²) < 4.78 is 0. The molecule has 134 valence electrons. The molecular weight excluding hydrogens is 344 g/mol. The lowest BCUT2D eigenvalue weighted by Crippen LogP contribution is -2.49. The molecule has 1 saturated heterocycles. The summed E-state index contributed by atoms with van der Waals surface area (Å²) in [5.41, 5.74) is 2.43. The van der Waals surface area contributed by atoms with Gasteiger partial charge in [-0.1, -0.05) is 12.1 Å². The van der Waals surface area contributed by atoms with E-state index in [1.165, 1.54) is 12.1 Å². The zero-order valence-corrected chi connectivity index (χ0v) is 14.4. The fraction of sp³-hybridized carbons (Fsp3) is 0.200. The average molecular weight is 360 g/mol. The fourth-order valence-corrected chi connectivity index (χ4v) is 3.48. The van der Waals surface area contributed by atoms with E-state index in [4.69, 9.17) is 0 Å². The molecule has 2 aliphatic rings. The number of nitrogens with one attached hydrogen (secondary N) is 1. The molecule has 1 fully saturated rings. The molecule has 2 aliphatic heterocycles. The van der Waals surface area contributed by atoms with Crippen molar-refractivity contribution in [2.45, 2.75) is 0 Å². The molecule has 27 heavy (non-hydrogen) atoms. The Morgan fingerprint density at radius 2 is 1.67 bits per heavy atom. The van der Waals surface area contributed by atoms with Gasteiger partial charge in [0.15, 0.2) is 0 Å². The minimum atomic E-state index is -0.470. The predicted molar refractivity (Wildman–Crippen MR) is 97.5 cm³/mol. The monoisotopic (exact) mass is 360 g/mol. The van der Waals surface area contributed by atoms with E-state index in [1.54, 1.807) is 17.0 Å². The highest BCUT2D eigenvalue weighted by molar-refractivity contribution is 6.22. The summed E-state index contributed by atoms with van der Waals surface area (Å²) >= 11 is 0. The maximum Gasteiger partial charge on any atom is 0.258 e. The lowest BCUT2D eigenvalue weighted by Gasteiger charge is -2.36. The molecule has 2 heterocycles. The Hall–Kier alpha value is -3.66. The third-order valence-corrected chi connectivity index (χ3v) is 4.91. The van der Waals surface area contributed by atoms with Crippen LogP contribution in [0, 0.1) is 11.3 Å². The van der Waals surface area contributed by atoms with Gasteiger partial charge >= 0.3 is 0 Å². The molecule has 7 nitrogen and oxygen atoms in total. The number of hydrogen-bond donors (Lipinski definition) is 1. The number of imide groups is 1. The first-order valence-electron chi connectivity index (χ1n) is 8.61. The predicted octanol–water partition coefficient (Wildman–Crippen LogP) is 1.40. The van der Waals surface area contributed by atoms with E-state index in [0.717, 1.165) is 5.69 Å². The maximum absolute atomic E-state index is 12.8. The Morgan fingerprint density at radius 1 is 0.963 bits per heavy atom. The molecule has 2 aromatic carbocycles. The number of piperazine rings is 1. The topological polar surface area (TPSA) is 93.5 Å². The highest BCUT2D eigenvalue weighted by Crippen LogP contribution is 2.23. The van der Waals surface area contributed by atoms with Crippen molar-refractivity contribution in [3.8, 4) is 6.07 Å². The summed E-state index contributed by atoms with van der Waals surface area (Å²) in [6, 6.07) is 14.2. The zero-order valence-electron chi connectivity index (χ0n) is 14.4. The van der Waals surface area contributed by atoms with Gasteiger partial charge < -0.3 is 9.80 Å². The van der Waals surface area contributed by atoms with Crippen LogP contribution in [0.2, 0.25) is 0 Å². The Labute approximate surface area is 155 Å². The molecule has 0 unspecified atom stereocenters. The number of carbonyl (C=O) groups excluding carboxylic acids is 3. The normalized spacial score (nSPS) is 16.0. The number of carbonyl (C=O) groups is 3. The summed E-state index contributed by atoms with van der Waals surface area (Å²) in [7, 11) is 0. The summed E-state index contributed by atoms with van der Waals surface area (Å²) in [5.74, 6) is -1.07. The van der Waals surface area contributed by atoms with Crippen molar-refractivity contribution >= 4 is 23.4 Å². The number of anilines is 1. The number of benzene rings is 2. The summed E-state index contributed by atoms with van der Waals surface area (Å²) in [6.07, 6.45) is 0. The van der Waals surface area contributed by atoms with E-state index >= 15 is 0 Å². The van der Waals surface area contributed by atoms with Gasteiger partial charge in [-0.3, -0.25) is 19.7 Å². The maximum atomic E-state index is 12.8. The zero-order chi connectivity index (χ0) is 19.0. The molecule has 7 heteroatoms. The van der Waals surface area contributed by atoms with Crippen LogP contribution < -0.4 is 10.2 Å². The van der Waals surface area contributed by atoms with Crippen LogP contribution >= 0.6 is 0 Å². The quantitative estimate of drug-likeness (QED) is 0.817. The van der Waals surface area contributed by atoms with E-state index in [1.807, 2.05) is 18.2 Å². The van der Waals surface area contributed by atoms with Crippen LogP contribution in [0.1, 0.15) is 36.6 Å². The van der Waals surface area contributed by atoms with Gasteiger partial charge in [0.05, 0.1) is 22.4 Å². The van der Waals surface area contributed by atoms with Crippen LogP contribution in [0.3, 0.4) is 0 Å². The van der Waals surface area contributed by atoms with Crippen molar-refractivity contribution < 1.29 is 14.4 Å². The summed E-state index contributed by atoms with van der Waals surface area (Å²) in [6.45, 7) is 2.27. The SMILES string of the molecule is N#Cc1ccccc1N1CCN(C(=O)c2ccc3c(c2)C(=O)NC3=O)CC1. The van der Waals surface area contributed by atoms with Gasteiger partial charge in [0.1, 0.15) is 6.07 Å². The second kappa shape index (κ2) is 6.57. The number of para-hydroxylation sites is 1. The van der Waals surface area contributed by atoms with Gasteiger partial charge in [0.25, 0.3) is 17.7 Å². The van der Waals surface area contributed by atoms with Crippen molar-refractivity contribution in [1.82, 2.24) is 10.2 Å². The number of hydrogen-bond acceptors (Lipinski definition) is 5. The number of rotatable bonds is 2. The number of fused-ring (bicyclic) bond motifs is 1. The standard InChI is InChI=1S/C20H16N4O3/c21-12-14-3-1-2-4-17(14)23-7-9-24(10-8-23)20(27)13-5-6-15-16(11-13)19(26)22-18(15)25/h1-6,11H,7-10H2,(H,22,25,26).